The Hall–Kier alpha value is -5.70. The predicted molar refractivity (Wildman–Crippen MR) is 189 cm³/mol. The molecule has 2 atom stereocenters. The van der Waals surface area contributed by atoms with E-state index in [-0.39, 0.29) is 48.4 Å². The number of aliphatic hydroxyl groups is 1. The Morgan fingerprint density at radius 1 is 1.02 bits per heavy atom. The summed E-state index contributed by atoms with van der Waals surface area (Å²) in [5.74, 6) is 0.140. The molecule has 0 saturated heterocycles. The zero-order valence-corrected chi connectivity index (χ0v) is 29.8. The van der Waals surface area contributed by atoms with Gasteiger partial charge in [-0.15, -0.1) is 0 Å². The number of nitrogens with zero attached hydrogens (tertiary/aromatic N) is 3. The van der Waals surface area contributed by atoms with Crippen molar-refractivity contribution in [1.29, 1.82) is 0 Å². The highest BCUT2D eigenvalue weighted by Crippen LogP contribution is 2.41. The van der Waals surface area contributed by atoms with Gasteiger partial charge in [0.25, 0.3) is 5.69 Å². The maximum Gasteiger partial charge on any atom is 0.337 e. The lowest BCUT2D eigenvalue weighted by molar-refractivity contribution is -0.394. The summed E-state index contributed by atoms with van der Waals surface area (Å²) in [4.78, 5) is 45.9. The molecular formula is C32H33IN6O12. The number of allylic oxidation sites excluding steroid dienone is 1. The van der Waals surface area contributed by atoms with Crippen LogP contribution in [0.2, 0.25) is 0 Å². The number of ether oxygens (including phenoxy) is 5. The molecule has 0 spiro atoms. The molecule has 1 aliphatic rings. The summed E-state index contributed by atoms with van der Waals surface area (Å²) in [6.45, 7) is 5.35. The summed E-state index contributed by atoms with van der Waals surface area (Å²) >= 11 is 1.95. The van der Waals surface area contributed by atoms with E-state index in [2.05, 4.69) is 21.2 Å². The number of nitro groups is 2. The molecule has 0 aromatic heterocycles. The van der Waals surface area contributed by atoms with Gasteiger partial charge in [-0.05, 0) is 84.8 Å². The van der Waals surface area contributed by atoms with E-state index in [1.54, 1.807) is 51.1 Å². The number of urea groups is 1. The molecule has 51 heavy (non-hydrogen) atoms. The number of non-ortho nitro benzene ring substituents is 1. The molecule has 0 unspecified atom stereocenters. The zero-order chi connectivity index (χ0) is 37.2. The van der Waals surface area contributed by atoms with Gasteiger partial charge in [0, 0.05) is 11.8 Å². The fourth-order valence-electron chi connectivity index (χ4n) is 4.80. The van der Waals surface area contributed by atoms with Crippen molar-refractivity contribution < 1.29 is 48.2 Å². The van der Waals surface area contributed by atoms with Crippen molar-refractivity contribution in [2.24, 2.45) is 5.10 Å². The molecule has 0 saturated carbocycles. The highest BCUT2D eigenvalue weighted by Gasteiger charge is 2.32. The maximum absolute atomic E-state index is 12.5. The predicted octanol–water partition coefficient (Wildman–Crippen LogP) is 4.82. The molecule has 18 nitrogen and oxygen atoms in total. The molecule has 0 radical (unpaired) electrons. The van der Waals surface area contributed by atoms with E-state index in [0.717, 1.165) is 18.2 Å². The standard InChI is InChI=1S/C32H33IN6O12/c1-5-48-25-13-19(29-28(31(41)47-4)17(3)35-32(42)36-29)7-9-24(25)50-16-27(40)37-34-15-18-11-21(33)30(26(12-18)49-6-2)51-23-10-8-20(38(43)44)14-22(23)39(45)46/h7-15,27,29,37,40H,5-6,16H2,1-4H3,(H2,35,36,42)/b34-15+/t27-,29+/m1/s1. The van der Waals surface area contributed by atoms with E-state index in [0.29, 0.717) is 26.1 Å². The van der Waals surface area contributed by atoms with E-state index >= 15 is 0 Å². The number of hydrazone groups is 1. The molecule has 2 amide bonds. The van der Waals surface area contributed by atoms with Gasteiger partial charge in [-0.2, -0.15) is 5.10 Å². The number of methoxy groups -OCH3 is 1. The molecule has 1 aliphatic heterocycles. The van der Waals surface area contributed by atoms with Crippen molar-refractivity contribution in [3.8, 4) is 28.7 Å². The molecule has 270 valence electrons. The second kappa shape index (κ2) is 17.3. The van der Waals surface area contributed by atoms with Gasteiger partial charge in [0.1, 0.15) is 6.61 Å². The maximum atomic E-state index is 12.5. The Kier molecular flexibility index (Phi) is 12.9. The van der Waals surface area contributed by atoms with Gasteiger partial charge in [-0.3, -0.25) is 25.7 Å². The number of nitrogens with one attached hydrogen (secondary N) is 3. The number of nitro benzene ring substituents is 2. The van der Waals surface area contributed by atoms with Gasteiger partial charge in [-0.1, -0.05) is 6.07 Å². The third-order valence-electron chi connectivity index (χ3n) is 7.00. The average molecular weight is 821 g/mol. The highest BCUT2D eigenvalue weighted by atomic mass is 127. The van der Waals surface area contributed by atoms with Crippen LogP contribution in [0.15, 0.2) is 64.9 Å². The first-order chi connectivity index (χ1) is 24.4. The van der Waals surface area contributed by atoms with Crippen LogP contribution in [0.3, 0.4) is 0 Å². The Morgan fingerprint density at radius 3 is 2.39 bits per heavy atom. The van der Waals surface area contributed by atoms with E-state index in [1.807, 2.05) is 22.6 Å². The number of aliphatic hydroxyl groups excluding tert-OH is 1. The molecule has 0 fully saturated rings. The monoisotopic (exact) mass is 820 g/mol. The lowest BCUT2D eigenvalue weighted by atomic mass is 9.95. The second-order valence-electron chi connectivity index (χ2n) is 10.4. The van der Waals surface area contributed by atoms with Gasteiger partial charge in [-0.25, -0.2) is 9.59 Å². The van der Waals surface area contributed by atoms with Crippen LogP contribution in [0, 0.1) is 23.8 Å². The van der Waals surface area contributed by atoms with Crippen molar-refractivity contribution in [3.05, 3.63) is 94.7 Å². The summed E-state index contributed by atoms with van der Waals surface area (Å²) < 4.78 is 28.4. The number of halogens is 1. The van der Waals surface area contributed by atoms with Gasteiger partial charge >= 0.3 is 17.7 Å². The first kappa shape index (κ1) is 38.1. The number of benzene rings is 3. The first-order valence-electron chi connectivity index (χ1n) is 15.2. The Morgan fingerprint density at radius 2 is 1.73 bits per heavy atom. The summed E-state index contributed by atoms with van der Waals surface area (Å²) in [6, 6.07) is 9.81. The van der Waals surface area contributed by atoms with E-state index in [4.69, 9.17) is 23.7 Å². The summed E-state index contributed by atoms with van der Waals surface area (Å²) in [5, 5.41) is 42.6. The smallest absolute Gasteiger partial charge is 0.337 e. The number of hydrogen-bond donors (Lipinski definition) is 4. The average Bonchev–Trinajstić information content (AvgIpc) is 3.08. The quantitative estimate of drug-likeness (QED) is 0.0380. The van der Waals surface area contributed by atoms with Crippen LogP contribution in [0.1, 0.15) is 37.9 Å². The van der Waals surface area contributed by atoms with Crippen molar-refractivity contribution in [3.63, 3.8) is 0 Å². The van der Waals surface area contributed by atoms with Gasteiger partial charge in [0.15, 0.2) is 29.2 Å². The van der Waals surface area contributed by atoms with Crippen LogP contribution in [-0.4, -0.2) is 66.3 Å². The van der Waals surface area contributed by atoms with Gasteiger partial charge in [0.2, 0.25) is 5.75 Å². The number of rotatable bonds is 16. The normalized spacial score (nSPS) is 14.6. The third kappa shape index (κ3) is 9.51. The van der Waals surface area contributed by atoms with Crippen molar-refractivity contribution in [1.82, 2.24) is 16.1 Å². The van der Waals surface area contributed by atoms with Gasteiger partial charge < -0.3 is 39.4 Å². The van der Waals surface area contributed by atoms with E-state index < -0.39 is 45.5 Å². The van der Waals surface area contributed by atoms with Crippen LogP contribution >= 0.6 is 22.6 Å². The van der Waals surface area contributed by atoms with Crippen LogP contribution in [0.5, 0.6) is 28.7 Å². The fraction of sp³-hybridized carbons (Fsp3) is 0.281. The molecular weight excluding hydrogens is 787 g/mol. The summed E-state index contributed by atoms with van der Waals surface area (Å²) in [7, 11) is 1.25. The fourth-order valence-corrected chi connectivity index (χ4v) is 5.54. The van der Waals surface area contributed by atoms with Crippen LogP contribution < -0.4 is 35.0 Å². The van der Waals surface area contributed by atoms with Crippen molar-refractivity contribution in [2.75, 3.05) is 26.9 Å². The molecule has 3 aromatic carbocycles. The highest BCUT2D eigenvalue weighted by molar-refractivity contribution is 14.1. The van der Waals surface area contributed by atoms with E-state index in [1.165, 1.54) is 13.3 Å². The second-order valence-corrected chi connectivity index (χ2v) is 11.6. The third-order valence-corrected chi connectivity index (χ3v) is 7.80. The number of hydrogen-bond acceptors (Lipinski definition) is 14. The van der Waals surface area contributed by atoms with Crippen LogP contribution in [0.25, 0.3) is 0 Å². The Balaban J connectivity index is 1.46. The number of carbonyl (C=O) groups is 2. The summed E-state index contributed by atoms with van der Waals surface area (Å²) in [5.41, 5.74) is 3.14. The lowest BCUT2D eigenvalue weighted by Gasteiger charge is -2.28. The van der Waals surface area contributed by atoms with Crippen LogP contribution in [-0.2, 0) is 9.53 Å². The molecule has 0 bridgehead atoms. The van der Waals surface area contributed by atoms with E-state index in [9.17, 15) is 34.9 Å². The minimum atomic E-state index is -1.27. The van der Waals surface area contributed by atoms with Crippen LogP contribution in [0.4, 0.5) is 16.2 Å². The van der Waals surface area contributed by atoms with Crippen molar-refractivity contribution >= 4 is 52.2 Å². The minimum absolute atomic E-state index is 0.152. The molecule has 4 rings (SSSR count). The largest absolute Gasteiger partial charge is 0.490 e. The number of carbonyl (C=O) groups excluding carboxylic acids is 2. The SMILES string of the molecule is CCOc1cc([C@@H]2NC(=O)NC(C)=C2C(=O)OC)ccc1OC[C@@H](O)N/N=C/c1cc(I)c(Oc2ccc([N+](=O)[O-])cc2[N+](=O)[O-])c(OCC)c1. The lowest BCUT2D eigenvalue weighted by Crippen LogP contribution is -2.45. The Bertz CT molecular complexity index is 1890. The molecule has 3 aromatic rings. The topological polar surface area (TPSA) is 235 Å². The molecule has 4 N–H and O–H groups in total. The van der Waals surface area contributed by atoms with Gasteiger partial charge in [0.05, 0.1) is 57.6 Å². The summed E-state index contributed by atoms with van der Waals surface area (Å²) in [6.07, 6.45) is 0.125. The number of amides is 2. The number of esters is 1. The molecule has 19 heteroatoms. The molecule has 0 aliphatic carbocycles. The molecule has 1 heterocycles. The first-order valence-corrected chi connectivity index (χ1v) is 16.2. The zero-order valence-electron chi connectivity index (χ0n) is 27.6. The van der Waals surface area contributed by atoms with Crippen molar-refractivity contribution in [2.45, 2.75) is 33.0 Å². The minimum Gasteiger partial charge on any atom is -0.490 e. The Labute approximate surface area is 304 Å².